The normalized spacial score (nSPS) is 10.8. The van der Waals surface area contributed by atoms with Crippen molar-refractivity contribution in [3.8, 4) is 5.69 Å². The Kier molecular flexibility index (Phi) is 3.86. The van der Waals surface area contributed by atoms with Crippen molar-refractivity contribution in [3.05, 3.63) is 41.7 Å². The third kappa shape index (κ3) is 2.70. The average Bonchev–Trinajstić information content (AvgIpc) is 2.74. The SMILES string of the molecule is Cc1ccc(-n2ccnc2SCCN)c(C)c1. The third-order valence-electron chi connectivity index (χ3n) is 2.57. The molecule has 0 amide bonds. The number of nitrogens with two attached hydrogens (primary N) is 1. The molecule has 4 heteroatoms. The largest absolute Gasteiger partial charge is 0.330 e. The molecule has 0 aliphatic rings. The summed E-state index contributed by atoms with van der Waals surface area (Å²) >= 11 is 1.69. The molecule has 1 aromatic heterocycles. The Hall–Kier alpha value is -1.26. The van der Waals surface area contributed by atoms with Gasteiger partial charge in [-0.15, -0.1) is 0 Å². The molecule has 0 unspecified atom stereocenters. The van der Waals surface area contributed by atoms with Gasteiger partial charge >= 0.3 is 0 Å². The third-order valence-corrected chi connectivity index (χ3v) is 3.57. The van der Waals surface area contributed by atoms with Crippen molar-refractivity contribution in [1.82, 2.24) is 9.55 Å². The van der Waals surface area contributed by atoms with Gasteiger partial charge < -0.3 is 5.73 Å². The zero-order valence-corrected chi connectivity index (χ0v) is 11.0. The Bertz CT molecular complexity index is 505. The average molecular weight is 247 g/mol. The highest BCUT2D eigenvalue weighted by Crippen LogP contribution is 2.22. The fraction of sp³-hybridized carbons (Fsp3) is 0.308. The van der Waals surface area contributed by atoms with Crippen molar-refractivity contribution in [3.63, 3.8) is 0 Å². The maximum atomic E-state index is 5.53. The molecule has 0 fully saturated rings. The summed E-state index contributed by atoms with van der Waals surface area (Å²) in [4.78, 5) is 4.36. The highest BCUT2D eigenvalue weighted by Gasteiger charge is 2.07. The van der Waals surface area contributed by atoms with Gasteiger partial charge in [0.05, 0.1) is 5.69 Å². The van der Waals surface area contributed by atoms with E-state index in [1.54, 1.807) is 11.8 Å². The van der Waals surface area contributed by atoms with Crippen LogP contribution in [-0.4, -0.2) is 21.8 Å². The second-order valence-corrected chi connectivity index (χ2v) is 5.07. The summed E-state index contributed by atoms with van der Waals surface area (Å²) in [7, 11) is 0. The van der Waals surface area contributed by atoms with Crippen molar-refractivity contribution >= 4 is 11.8 Å². The molecular formula is C13H17N3S. The number of benzene rings is 1. The van der Waals surface area contributed by atoms with E-state index in [1.807, 2.05) is 12.4 Å². The molecule has 0 saturated carbocycles. The molecule has 1 aromatic carbocycles. The number of aromatic nitrogens is 2. The van der Waals surface area contributed by atoms with Gasteiger partial charge in [-0.05, 0) is 25.5 Å². The van der Waals surface area contributed by atoms with Gasteiger partial charge in [0.2, 0.25) is 0 Å². The first-order valence-electron chi connectivity index (χ1n) is 5.66. The van der Waals surface area contributed by atoms with Crippen LogP contribution in [0.5, 0.6) is 0 Å². The topological polar surface area (TPSA) is 43.8 Å². The van der Waals surface area contributed by atoms with Crippen LogP contribution in [0.3, 0.4) is 0 Å². The minimum absolute atomic E-state index is 0.671. The maximum Gasteiger partial charge on any atom is 0.172 e. The summed E-state index contributed by atoms with van der Waals surface area (Å²) in [5, 5.41) is 1.00. The summed E-state index contributed by atoms with van der Waals surface area (Å²) in [5.74, 6) is 0.891. The van der Waals surface area contributed by atoms with Crippen LogP contribution < -0.4 is 5.73 Å². The predicted octanol–water partition coefficient (Wildman–Crippen LogP) is 2.54. The number of imidazole rings is 1. The van der Waals surface area contributed by atoms with Crippen LogP contribution in [0.2, 0.25) is 0 Å². The highest BCUT2D eigenvalue weighted by atomic mass is 32.2. The molecule has 2 N–H and O–H groups in total. The lowest BCUT2D eigenvalue weighted by Crippen LogP contribution is -2.04. The predicted molar refractivity (Wildman–Crippen MR) is 72.8 cm³/mol. The van der Waals surface area contributed by atoms with Crippen LogP contribution in [0.25, 0.3) is 5.69 Å². The number of thioether (sulfide) groups is 1. The van der Waals surface area contributed by atoms with Crippen molar-refractivity contribution < 1.29 is 0 Å². The quantitative estimate of drug-likeness (QED) is 0.844. The fourth-order valence-electron chi connectivity index (χ4n) is 1.81. The van der Waals surface area contributed by atoms with E-state index in [0.29, 0.717) is 6.54 Å². The highest BCUT2D eigenvalue weighted by molar-refractivity contribution is 7.99. The zero-order valence-electron chi connectivity index (χ0n) is 10.2. The number of rotatable bonds is 4. The second-order valence-electron chi connectivity index (χ2n) is 4.01. The molecule has 17 heavy (non-hydrogen) atoms. The zero-order chi connectivity index (χ0) is 12.3. The van der Waals surface area contributed by atoms with Gasteiger partial charge in [-0.25, -0.2) is 4.98 Å². The van der Waals surface area contributed by atoms with Crippen molar-refractivity contribution in [1.29, 1.82) is 0 Å². The van der Waals surface area contributed by atoms with E-state index in [2.05, 4.69) is 41.6 Å². The lowest BCUT2D eigenvalue weighted by Gasteiger charge is -2.10. The molecule has 0 saturated heterocycles. The molecule has 0 atom stereocenters. The summed E-state index contributed by atoms with van der Waals surface area (Å²) in [6.07, 6.45) is 3.83. The smallest absolute Gasteiger partial charge is 0.172 e. The Balaban J connectivity index is 2.35. The second kappa shape index (κ2) is 5.38. The van der Waals surface area contributed by atoms with E-state index in [-0.39, 0.29) is 0 Å². The Morgan fingerprint density at radius 1 is 1.35 bits per heavy atom. The van der Waals surface area contributed by atoms with Crippen molar-refractivity contribution in [2.75, 3.05) is 12.3 Å². The molecule has 2 rings (SSSR count). The fourth-order valence-corrected chi connectivity index (χ4v) is 2.54. The first-order valence-corrected chi connectivity index (χ1v) is 6.65. The lowest BCUT2D eigenvalue weighted by atomic mass is 10.1. The number of nitrogens with zero attached hydrogens (tertiary/aromatic N) is 2. The van der Waals surface area contributed by atoms with E-state index in [9.17, 15) is 0 Å². The molecule has 90 valence electrons. The first kappa shape index (κ1) is 12.2. The standard InChI is InChI=1S/C13H17N3S/c1-10-3-4-12(11(2)9-10)16-7-6-15-13(16)17-8-5-14/h3-4,6-7,9H,5,8,14H2,1-2H3. The summed E-state index contributed by atoms with van der Waals surface area (Å²) < 4.78 is 2.12. The minimum atomic E-state index is 0.671. The number of hydrogen-bond donors (Lipinski definition) is 1. The van der Waals surface area contributed by atoms with Crippen LogP contribution in [-0.2, 0) is 0 Å². The van der Waals surface area contributed by atoms with Gasteiger partial charge in [-0.2, -0.15) is 0 Å². The molecule has 2 aromatic rings. The molecule has 1 heterocycles. The summed E-state index contributed by atoms with van der Waals surface area (Å²) in [5.41, 5.74) is 9.26. The number of aryl methyl sites for hydroxylation is 2. The van der Waals surface area contributed by atoms with Crippen molar-refractivity contribution in [2.24, 2.45) is 5.73 Å². The van der Waals surface area contributed by atoms with Gasteiger partial charge in [0.25, 0.3) is 0 Å². The molecular weight excluding hydrogens is 230 g/mol. The van der Waals surface area contributed by atoms with E-state index in [1.165, 1.54) is 16.8 Å². The van der Waals surface area contributed by atoms with Crippen LogP contribution in [0, 0.1) is 13.8 Å². The lowest BCUT2D eigenvalue weighted by molar-refractivity contribution is 0.886. The monoisotopic (exact) mass is 247 g/mol. The first-order chi connectivity index (χ1) is 8.22. The van der Waals surface area contributed by atoms with Crippen LogP contribution in [0.4, 0.5) is 0 Å². The Morgan fingerprint density at radius 3 is 2.88 bits per heavy atom. The van der Waals surface area contributed by atoms with Gasteiger partial charge in [0.1, 0.15) is 0 Å². The summed E-state index contributed by atoms with van der Waals surface area (Å²) in [6, 6.07) is 6.45. The van der Waals surface area contributed by atoms with E-state index < -0.39 is 0 Å². The molecule has 3 nitrogen and oxygen atoms in total. The van der Waals surface area contributed by atoms with Crippen molar-refractivity contribution in [2.45, 2.75) is 19.0 Å². The van der Waals surface area contributed by atoms with Crippen LogP contribution in [0.1, 0.15) is 11.1 Å². The minimum Gasteiger partial charge on any atom is -0.330 e. The Morgan fingerprint density at radius 2 is 2.18 bits per heavy atom. The maximum absolute atomic E-state index is 5.53. The molecule has 0 aliphatic carbocycles. The number of hydrogen-bond acceptors (Lipinski definition) is 3. The van der Waals surface area contributed by atoms with Crippen LogP contribution >= 0.6 is 11.8 Å². The van der Waals surface area contributed by atoms with E-state index >= 15 is 0 Å². The van der Waals surface area contributed by atoms with E-state index in [4.69, 9.17) is 5.73 Å². The molecule has 0 bridgehead atoms. The van der Waals surface area contributed by atoms with Gasteiger partial charge in [-0.3, -0.25) is 4.57 Å². The van der Waals surface area contributed by atoms with Gasteiger partial charge in [-0.1, -0.05) is 29.5 Å². The van der Waals surface area contributed by atoms with Gasteiger partial charge in [0.15, 0.2) is 5.16 Å². The molecule has 0 aliphatic heterocycles. The van der Waals surface area contributed by atoms with Gasteiger partial charge in [0, 0.05) is 24.7 Å². The molecule has 0 radical (unpaired) electrons. The van der Waals surface area contributed by atoms with Crippen LogP contribution in [0.15, 0.2) is 35.7 Å². The molecule has 0 spiro atoms. The Labute approximate surface area is 106 Å². The van der Waals surface area contributed by atoms with E-state index in [0.717, 1.165) is 10.9 Å². The summed E-state index contributed by atoms with van der Waals surface area (Å²) in [6.45, 7) is 4.90.